The zero-order valence-electron chi connectivity index (χ0n) is 18.7. The number of amides is 1. The highest BCUT2D eigenvalue weighted by Crippen LogP contribution is 2.32. The predicted molar refractivity (Wildman–Crippen MR) is 132 cm³/mol. The van der Waals surface area contributed by atoms with Gasteiger partial charge in [0.1, 0.15) is 11.5 Å². The molecular weight excluding hydrogens is 462 g/mol. The molecule has 1 saturated heterocycles. The van der Waals surface area contributed by atoms with E-state index in [0.717, 1.165) is 55.2 Å². The molecule has 1 aliphatic rings. The van der Waals surface area contributed by atoms with Crippen molar-refractivity contribution in [2.24, 2.45) is 0 Å². The number of rotatable bonds is 10. The van der Waals surface area contributed by atoms with E-state index >= 15 is 0 Å². The lowest BCUT2D eigenvalue weighted by Crippen LogP contribution is -2.40. The van der Waals surface area contributed by atoms with Crippen LogP contribution >= 0.6 is 22.9 Å². The Morgan fingerprint density at radius 3 is 2.67 bits per heavy atom. The third-order valence-electron chi connectivity index (χ3n) is 5.33. The van der Waals surface area contributed by atoms with Crippen LogP contribution in [0.4, 0.5) is 5.13 Å². The number of thiazole rings is 1. The van der Waals surface area contributed by atoms with E-state index in [0.29, 0.717) is 29.1 Å². The van der Waals surface area contributed by atoms with Gasteiger partial charge in [-0.3, -0.25) is 14.6 Å². The Bertz CT molecular complexity index is 1050. The van der Waals surface area contributed by atoms with Crippen molar-refractivity contribution in [3.8, 4) is 11.5 Å². The Hall–Kier alpha value is -2.39. The number of hydrogen-bond donors (Lipinski definition) is 0. The Morgan fingerprint density at radius 1 is 1.15 bits per heavy atom. The number of halogens is 1. The van der Waals surface area contributed by atoms with Crippen LogP contribution in [-0.4, -0.2) is 68.4 Å². The van der Waals surface area contributed by atoms with Crippen LogP contribution in [0.5, 0.6) is 11.5 Å². The van der Waals surface area contributed by atoms with E-state index in [-0.39, 0.29) is 12.5 Å². The van der Waals surface area contributed by atoms with Gasteiger partial charge in [0.2, 0.25) is 0 Å². The summed E-state index contributed by atoms with van der Waals surface area (Å²) in [6.07, 6.45) is 0.840. The Balaban J connectivity index is 1.47. The van der Waals surface area contributed by atoms with E-state index in [1.54, 1.807) is 29.2 Å². The molecule has 0 unspecified atom stereocenters. The molecular formula is C24H28ClN3O4S. The maximum atomic E-state index is 13.2. The first kappa shape index (κ1) is 23.8. The number of fused-ring (bicyclic) bond motifs is 1. The number of ether oxygens (including phenoxy) is 3. The lowest BCUT2D eigenvalue weighted by Gasteiger charge is -2.27. The highest BCUT2D eigenvalue weighted by atomic mass is 35.5. The minimum atomic E-state index is -0.129. The zero-order chi connectivity index (χ0) is 23.0. The number of aromatic nitrogens is 1. The first-order valence-electron chi connectivity index (χ1n) is 11.1. The van der Waals surface area contributed by atoms with E-state index < -0.39 is 0 Å². The second kappa shape index (κ2) is 11.7. The van der Waals surface area contributed by atoms with Gasteiger partial charge in [-0.15, -0.1) is 0 Å². The quantitative estimate of drug-likeness (QED) is 0.418. The van der Waals surface area contributed by atoms with Crippen LogP contribution in [0, 0.1) is 0 Å². The number of nitrogens with zero attached hydrogens (tertiary/aromatic N) is 3. The number of hydrogen-bond acceptors (Lipinski definition) is 7. The van der Waals surface area contributed by atoms with Crippen LogP contribution in [0.1, 0.15) is 13.3 Å². The molecule has 0 N–H and O–H groups in total. The second-order valence-electron chi connectivity index (χ2n) is 7.65. The molecule has 1 aliphatic heterocycles. The maximum Gasteiger partial charge on any atom is 0.266 e. The van der Waals surface area contributed by atoms with Crippen molar-refractivity contribution >= 4 is 44.2 Å². The molecule has 0 spiro atoms. The number of anilines is 1. The van der Waals surface area contributed by atoms with Gasteiger partial charge >= 0.3 is 0 Å². The Kier molecular flexibility index (Phi) is 8.39. The first-order valence-corrected chi connectivity index (χ1v) is 12.3. The average molecular weight is 490 g/mol. The fourth-order valence-corrected chi connectivity index (χ4v) is 4.79. The second-order valence-corrected chi connectivity index (χ2v) is 9.10. The summed E-state index contributed by atoms with van der Waals surface area (Å²) >= 11 is 7.43. The van der Waals surface area contributed by atoms with Gasteiger partial charge in [-0.25, -0.2) is 4.98 Å². The average Bonchev–Trinajstić information content (AvgIpc) is 3.25. The van der Waals surface area contributed by atoms with Crippen molar-refractivity contribution in [2.75, 3.05) is 57.5 Å². The van der Waals surface area contributed by atoms with E-state index in [9.17, 15) is 4.79 Å². The minimum Gasteiger partial charge on any atom is -0.494 e. The summed E-state index contributed by atoms with van der Waals surface area (Å²) in [6, 6.07) is 12.8. The van der Waals surface area contributed by atoms with Gasteiger partial charge in [0, 0.05) is 31.2 Å². The molecule has 4 rings (SSSR count). The number of morpholine rings is 1. The fourth-order valence-electron chi connectivity index (χ4n) is 3.62. The van der Waals surface area contributed by atoms with Crippen LogP contribution in [-0.2, 0) is 9.53 Å². The molecule has 0 atom stereocenters. The van der Waals surface area contributed by atoms with Gasteiger partial charge in [-0.1, -0.05) is 22.9 Å². The van der Waals surface area contributed by atoms with Crippen molar-refractivity contribution in [2.45, 2.75) is 13.3 Å². The van der Waals surface area contributed by atoms with Crippen LogP contribution in [0.2, 0.25) is 5.02 Å². The SMILES string of the molecule is CCOc1ccc2nc(N(CCCN3CCOCC3)C(=O)COc3ccc(Cl)cc3)sc2c1. The van der Waals surface area contributed by atoms with Crippen molar-refractivity contribution in [1.82, 2.24) is 9.88 Å². The first-order chi connectivity index (χ1) is 16.1. The van der Waals surface area contributed by atoms with Crippen LogP contribution in [0.3, 0.4) is 0 Å². The zero-order valence-corrected chi connectivity index (χ0v) is 20.2. The molecule has 9 heteroatoms. The third kappa shape index (κ3) is 6.57. The molecule has 2 heterocycles. The molecule has 1 amide bonds. The van der Waals surface area contributed by atoms with Gasteiger partial charge < -0.3 is 14.2 Å². The summed E-state index contributed by atoms with van der Waals surface area (Å²) in [7, 11) is 0. The van der Waals surface area contributed by atoms with E-state index in [1.807, 2.05) is 25.1 Å². The van der Waals surface area contributed by atoms with Crippen molar-refractivity contribution in [3.63, 3.8) is 0 Å². The highest BCUT2D eigenvalue weighted by Gasteiger charge is 2.21. The number of benzene rings is 2. The molecule has 3 aromatic rings. The maximum absolute atomic E-state index is 13.2. The van der Waals surface area contributed by atoms with E-state index in [2.05, 4.69) is 4.90 Å². The summed E-state index contributed by atoms with van der Waals surface area (Å²) in [5.74, 6) is 1.28. The molecule has 0 saturated carbocycles. The molecule has 0 radical (unpaired) electrons. The molecule has 2 aromatic carbocycles. The standard InChI is InChI=1S/C24H28ClN3O4S/c1-2-31-20-8-9-21-22(16-20)33-24(26-21)28(11-3-10-27-12-14-30-15-13-27)23(29)17-32-19-6-4-18(25)5-7-19/h4-9,16H,2-3,10-15,17H2,1H3. The third-order valence-corrected chi connectivity index (χ3v) is 6.62. The molecule has 0 aliphatic carbocycles. The molecule has 1 aromatic heterocycles. The largest absolute Gasteiger partial charge is 0.494 e. The van der Waals surface area contributed by atoms with Crippen molar-refractivity contribution in [3.05, 3.63) is 47.5 Å². The smallest absolute Gasteiger partial charge is 0.266 e. The van der Waals surface area contributed by atoms with Gasteiger partial charge in [0.25, 0.3) is 5.91 Å². The summed E-state index contributed by atoms with van der Waals surface area (Å²) in [5.41, 5.74) is 0.850. The van der Waals surface area contributed by atoms with E-state index in [1.165, 1.54) is 11.3 Å². The van der Waals surface area contributed by atoms with E-state index in [4.69, 9.17) is 30.8 Å². The van der Waals surface area contributed by atoms with Crippen LogP contribution in [0.15, 0.2) is 42.5 Å². The molecule has 1 fully saturated rings. The molecule has 7 nitrogen and oxygen atoms in total. The monoisotopic (exact) mass is 489 g/mol. The summed E-state index contributed by atoms with van der Waals surface area (Å²) < 4.78 is 17.8. The number of carbonyl (C=O) groups is 1. The van der Waals surface area contributed by atoms with Gasteiger partial charge in [0.15, 0.2) is 11.7 Å². The highest BCUT2D eigenvalue weighted by molar-refractivity contribution is 7.22. The summed E-state index contributed by atoms with van der Waals surface area (Å²) in [5, 5.41) is 1.30. The van der Waals surface area contributed by atoms with Crippen LogP contribution in [0.25, 0.3) is 10.2 Å². The lowest BCUT2D eigenvalue weighted by molar-refractivity contribution is -0.120. The Labute approximate surface area is 202 Å². The van der Waals surface area contributed by atoms with Gasteiger partial charge in [0.05, 0.1) is 30.0 Å². The molecule has 0 bridgehead atoms. The fraction of sp³-hybridized carbons (Fsp3) is 0.417. The molecule has 33 heavy (non-hydrogen) atoms. The van der Waals surface area contributed by atoms with Crippen LogP contribution < -0.4 is 14.4 Å². The summed E-state index contributed by atoms with van der Waals surface area (Å²) in [4.78, 5) is 22.0. The van der Waals surface area contributed by atoms with Gasteiger partial charge in [-0.05, 0) is 55.8 Å². The summed E-state index contributed by atoms with van der Waals surface area (Å²) in [6.45, 7) is 7.34. The predicted octanol–water partition coefficient (Wildman–Crippen LogP) is 4.48. The Morgan fingerprint density at radius 2 is 1.91 bits per heavy atom. The normalized spacial score (nSPS) is 14.4. The van der Waals surface area contributed by atoms with Gasteiger partial charge in [-0.2, -0.15) is 0 Å². The molecule has 176 valence electrons. The van der Waals surface area contributed by atoms with Crippen molar-refractivity contribution < 1.29 is 19.0 Å². The number of carbonyl (C=O) groups excluding carboxylic acids is 1. The minimum absolute atomic E-state index is 0.0701. The topological polar surface area (TPSA) is 64.1 Å². The van der Waals surface area contributed by atoms with Crippen molar-refractivity contribution in [1.29, 1.82) is 0 Å². The lowest BCUT2D eigenvalue weighted by atomic mass is 10.3.